The minimum Gasteiger partial charge on any atom is -0.382 e. The summed E-state index contributed by atoms with van der Waals surface area (Å²) < 4.78 is 11.8. The number of hydroxylamine groups is 1. The number of halogens is 1. The van der Waals surface area contributed by atoms with Crippen molar-refractivity contribution in [3.05, 3.63) is 47.9 Å². The van der Waals surface area contributed by atoms with Crippen molar-refractivity contribution in [2.75, 3.05) is 0 Å². The molecule has 1 aliphatic rings. The lowest BCUT2D eigenvalue weighted by atomic mass is 10.1. The molecule has 0 spiro atoms. The van der Waals surface area contributed by atoms with Gasteiger partial charge in [-0.25, -0.2) is 9.87 Å². The molecule has 0 amide bonds. The Labute approximate surface area is 81.7 Å². The zero-order valence-electron chi connectivity index (χ0n) is 7.53. The highest BCUT2D eigenvalue weighted by atomic mass is 19.1. The van der Waals surface area contributed by atoms with Crippen molar-refractivity contribution >= 4 is 6.08 Å². The maximum atomic E-state index is 11.8. The van der Waals surface area contributed by atoms with Gasteiger partial charge in [-0.1, -0.05) is 24.3 Å². The first kappa shape index (κ1) is 8.81. The molecular weight excluding hydrogens is 181 g/mol. The maximum absolute atomic E-state index is 11.8. The molecule has 2 nitrogen and oxygen atoms in total. The van der Waals surface area contributed by atoms with Gasteiger partial charge < -0.3 is 4.84 Å². The summed E-state index contributed by atoms with van der Waals surface area (Å²) >= 11 is 0. The third-order valence-electron chi connectivity index (χ3n) is 1.97. The molecule has 0 aromatic heterocycles. The van der Waals surface area contributed by atoms with Crippen LogP contribution in [0.2, 0.25) is 0 Å². The molecular formula is C11H10FNO. The molecule has 0 radical (unpaired) electrons. The second-order valence-electron chi connectivity index (χ2n) is 2.98. The fourth-order valence-electron chi connectivity index (χ4n) is 1.30. The van der Waals surface area contributed by atoms with E-state index in [1.165, 1.54) is 6.08 Å². The van der Waals surface area contributed by atoms with E-state index in [4.69, 9.17) is 4.84 Å². The van der Waals surface area contributed by atoms with E-state index in [-0.39, 0.29) is 0 Å². The van der Waals surface area contributed by atoms with Crippen LogP contribution in [0.15, 0.2) is 42.4 Å². The van der Waals surface area contributed by atoms with Crippen molar-refractivity contribution < 1.29 is 9.23 Å². The first-order valence-electron chi connectivity index (χ1n) is 4.38. The second-order valence-corrected chi connectivity index (χ2v) is 2.98. The lowest BCUT2D eigenvalue weighted by Gasteiger charge is -2.17. The number of hydrogen-bond donors (Lipinski definition) is 1. The summed E-state index contributed by atoms with van der Waals surface area (Å²) in [6, 6.07) is 7.67. The van der Waals surface area contributed by atoms with E-state index >= 15 is 0 Å². The summed E-state index contributed by atoms with van der Waals surface area (Å²) in [5.74, 6) is 0.792. The van der Waals surface area contributed by atoms with E-state index in [9.17, 15) is 4.39 Å². The lowest BCUT2D eigenvalue weighted by molar-refractivity contribution is 0.223. The Balaban J connectivity index is 2.22. The smallest absolute Gasteiger partial charge is 0.162 e. The van der Waals surface area contributed by atoms with E-state index in [0.717, 1.165) is 17.0 Å². The van der Waals surface area contributed by atoms with E-state index < -0.39 is 0 Å². The summed E-state index contributed by atoms with van der Waals surface area (Å²) in [5.41, 5.74) is 4.61. The number of fused-ring (bicyclic) bond motifs is 1. The highest BCUT2D eigenvalue weighted by Gasteiger charge is 2.08. The Morgan fingerprint density at radius 2 is 2.21 bits per heavy atom. The zero-order chi connectivity index (χ0) is 9.80. The Hall–Kier alpha value is -1.77. The van der Waals surface area contributed by atoms with E-state index in [0.29, 0.717) is 12.8 Å². The predicted octanol–water partition coefficient (Wildman–Crippen LogP) is 2.80. The first-order chi connectivity index (χ1) is 6.90. The number of hydrogen-bond acceptors (Lipinski definition) is 2. The molecule has 0 bridgehead atoms. The number of allylic oxidation sites excluding steroid dienone is 1. The van der Waals surface area contributed by atoms with Gasteiger partial charge in [0.05, 0.1) is 12.0 Å². The normalized spacial score (nSPS) is 14.2. The van der Waals surface area contributed by atoms with Gasteiger partial charge in [0.1, 0.15) is 0 Å². The summed E-state index contributed by atoms with van der Waals surface area (Å²) in [5, 5.41) is 0. The van der Waals surface area contributed by atoms with Crippen molar-refractivity contribution in [3.63, 3.8) is 0 Å². The Bertz CT molecular complexity index is 385. The molecule has 72 valence electrons. The van der Waals surface area contributed by atoms with Gasteiger partial charge in [0.2, 0.25) is 0 Å². The zero-order valence-corrected chi connectivity index (χ0v) is 7.53. The van der Waals surface area contributed by atoms with Gasteiger partial charge in [-0.05, 0) is 12.1 Å². The molecule has 1 heterocycles. The molecule has 1 aliphatic heterocycles. The number of nitrogens with one attached hydrogen (secondary N) is 1. The van der Waals surface area contributed by atoms with Crippen LogP contribution in [0.3, 0.4) is 0 Å². The standard InChI is InChI=1S/C11H10FNO/c12-7-3-5-10-8-9-4-1-2-6-11(9)14-13-10/h1-4,6-8,13H,5H2. The molecule has 1 aromatic carbocycles. The predicted molar refractivity (Wildman–Crippen MR) is 53.0 cm³/mol. The lowest BCUT2D eigenvalue weighted by Crippen LogP contribution is -2.21. The summed E-state index contributed by atoms with van der Waals surface area (Å²) in [6.07, 6.45) is 4.41. The minimum absolute atomic E-state index is 0.505. The second kappa shape index (κ2) is 3.96. The molecule has 1 aromatic rings. The van der Waals surface area contributed by atoms with Crippen LogP contribution in [0.5, 0.6) is 5.75 Å². The molecule has 0 aliphatic carbocycles. The fourth-order valence-corrected chi connectivity index (χ4v) is 1.30. The van der Waals surface area contributed by atoms with Crippen LogP contribution >= 0.6 is 0 Å². The summed E-state index contributed by atoms with van der Waals surface area (Å²) in [7, 11) is 0. The molecule has 0 atom stereocenters. The van der Waals surface area contributed by atoms with Crippen molar-refractivity contribution in [1.82, 2.24) is 5.48 Å². The molecule has 0 fully saturated rings. The third-order valence-corrected chi connectivity index (χ3v) is 1.97. The van der Waals surface area contributed by atoms with Crippen molar-refractivity contribution in [2.45, 2.75) is 6.42 Å². The number of benzene rings is 1. The first-order valence-corrected chi connectivity index (χ1v) is 4.38. The van der Waals surface area contributed by atoms with Crippen LogP contribution in [0.4, 0.5) is 4.39 Å². The molecule has 2 rings (SSSR count). The van der Waals surface area contributed by atoms with Gasteiger partial charge >= 0.3 is 0 Å². The average molecular weight is 191 g/mol. The summed E-state index contributed by atoms with van der Waals surface area (Å²) in [6.45, 7) is 0. The van der Waals surface area contributed by atoms with Gasteiger partial charge in [0.25, 0.3) is 0 Å². The Kier molecular flexibility index (Phi) is 2.49. The Morgan fingerprint density at radius 1 is 1.36 bits per heavy atom. The van der Waals surface area contributed by atoms with Gasteiger partial charge in [-0.2, -0.15) is 0 Å². The van der Waals surface area contributed by atoms with E-state index in [1.807, 2.05) is 30.3 Å². The van der Waals surface area contributed by atoms with Crippen molar-refractivity contribution in [3.8, 4) is 5.75 Å². The van der Waals surface area contributed by atoms with Gasteiger partial charge in [0, 0.05) is 12.0 Å². The molecule has 14 heavy (non-hydrogen) atoms. The van der Waals surface area contributed by atoms with Crippen molar-refractivity contribution in [1.29, 1.82) is 0 Å². The molecule has 0 unspecified atom stereocenters. The van der Waals surface area contributed by atoms with Crippen LogP contribution in [0.25, 0.3) is 6.08 Å². The van der Waals surface area contributed by atoms with Crippen molar-refractivity contribution in [2.24, 2.45) is 0 Å². The van der Waals surface area contributed by atoms with Crippen LogP contribution in [0, 0.1) is 0 Å². The fraction of sp³-hybridized carbons (Fsp3) is 0.0909. The van der Waals surface area contributed by atoms with Crippen LogP contribution in [-0.4, -0.2) is 0 Å². The van der Waals surface area contributed by atoms with Crippen LogP contribution < -0.4 is 10.3 Å². The highest BCUT2D eigenvalue weighted by Crippen LogP contribution is 2.24. The van der Waals surface area contributed by atoms with Gasteiger partial charge in [0.15, 0.2) is 5.75 Å². The summed E-state index contributed by atoms with van der Waals surface area (Å²) in [4.78, 5) is 5.26. The topological polar surface area (TPSA) is 21.3 Å². The SMILES string of the molecule is FC=CCC1=Cc2ccccc2ON1. The number of para-hydroxylation sites is 1. The molecule has 3 heteroatoms. The van der Waals surface area contributed by atoms with Gasteiger partial charge in [-0.15, -0.1) is 0 Å². The van der Waals surface area contributed by atoms with E-state index in [1.54, 1.807) is 0 Å². The molecule has 0 saturated heterocycles. The average Bonchev–Trinajstić information content (AvgIpc) is 2.26. The van der Waals surface area contributed by atoms with Crippen LogP contribution in [0.1, 0.15) is 12.0 Å². The monoisotopic (exact) mass is 191 g/mol. The minimum atomic E-state index is 0.505. The largest absolute Gasteiger partial charge is 0.382 e. The van der Waals surface area contributed by atoms with Crippen LogP contribution in [-0.2, 0) is 0 Å². The molecule has 0 saturated carbocycles. The quantitative estimate of drug-likeness (QED) is 0.776. The number of rotatable bonds is 2. The van der Waals surface area contributed by atoms with Gasteiger partial charge in [-0.3, -0.25) is 0 Å². The maximum Gasteiger partial charge on any atom is 0.162 e. The van der Waals surface area contributed by atoms with E-state index in [2.05, 4.69) is 5.48 Å². The highest BCUT2D eigenvalue weighted by molar-refractivity contribution is 5.61. The molecule has 1 N–H and O–H groups in total. The Morgan fingerprint density at radius 3 is 3.07 bits per heavy atom. The third kappa shape index (κ3) is 1.76.